The summed E-state index contributed by atoms with van der Waals surface area (Å²) in [6.07, 6.45) is 7.88. The van der Waals surface area contributed by atoms with Gasteiger partial charge in [0.2, 0.25) is 5.95 Å². The first kappa shape index (κ1) is 25.4. The van der Waals surface area contributed by atoms with E-state index in [4.69, 9.17) is 9.72 Å². The molecule has 1 aliphatic rings. The maximum Gasteiger partial charge on any atom is 0.439 e. The number of rotatable bonds is 9. The van der Waals surface area contributed by atoms with E-state index in [0.717, 1.165) is 29.7 Å². The van der Waals surface area contributed by atoms with E-state index in [1.165, 1.54) is 0 Å². The van der Waals surface area contributed by atoms with Crippen LogP contribution in [0.1, 0.15) is 55.3 Å². The summed E-state index contributed by atoms with van der Waals surface area (Å²) < 4.78 is 11.7. The van der Waals surface area contributed by atoms with Gasteiger partial charge in [0.15, 0.2) is 11.6 Å². The van der Waals surface area contributed by atoms with E-state index < -0.39 is 5.76 Å². The van der Waals surface area contributed by atoms with Crippen LogP contribution in [-0.2, 0) is 12.8 Å². The van der Waals surface area contributed by atoms with Crippen molar-refractivity contribution in [3.05, 3.63) is 98.5 Å². The Labute approximate surface area is 229 Å². The van der Waals surface area contributed by atoms with Gasteiger partial charge in [-0.25, -0.2) is 24.3 Å². The highest BCUT2D eigenvalue weighted by molar-refractivity contribution is 5.78. The molecular weight excluding hydrogens is 510 g/mol. The molecule has 40 heavy (non-hydrogen) atoms. The number of ether oxygens (including phenoxy) is 1. The first-order valence-corrected chi connectivity index (χ1v) is 13.3. The van der Waals surface area contributed by atoms with Gasteiger partial charge in [-0.05, 0) is 37.8 Å². The van der Waals surface area contributed by atoms with E-state index in [2.05, 4.69) is 29.6 Å². The predicted octanol–water partition coefficient (Wildman–Crippen LogP) is 3.86. The average molecular weight is 538 g/mol. The highest BCUT2D eigenvalue weighted by Gasteiger charge is 2.31. The van der Waals surface area contributed by atoms with Gasteiger partial charge in [0.1, 0.15) is 5.82 Å². The van der Waals surface area contributed by atoms with E-state index in [0.29, 0.717) is 59.6 Å². The second kappa shape index (κ2) is 10.7. The normalized spacial score (nSPS) is 12.9. The van der Waals surface area contributed by atoms with Crippen LogP contribution in [0, 0.1) is 0 Å². The number of benzene rings is 1. The SMILES string of the molecule is CCOc1cnc(-n2c(C3CC3)nc(CC)c(Cc3ccc(-c4ccccc4-c4noc(=O)[nH]4)nc3)c2=O)nc1. The number of aromatic nitrogens is 7. The molecule has 6 rings (SSSR count). The topological polar surface area (TPSA) is 142 Å². The van der Waals surface area contributed by atoms with E-state index in [9.17, 15) is 9.59 Å². The molecule has 11 nitrogen and oxygen atoms in total. The zero-order valence-corrected chi connectivity index (χ0v) is 22.1. The van der Waals surface area contributed by atoms with Crippen molar-refractivity contribution in [2.24, 2.45) is 0 Å². The number of hydrogen-bond acceptors (Lipinski definition) is 9. The van der Waals surface area contributed by atoms with E-state index in [1.807, 2.05) is 50.2 Å². The third-order valence-corrected chi connectivity index (χ3v) is 6.80. The van der Waals surface area contributed by atoms with E-state index in [1.54, 1.807) is 23.2 Å². The molecule has 5 aromatic rings. The molecule has 0 aliphatic heterocycles. The molecule has 4 aromatic heterocycles. The van der Waals surface area contributed by atoms with Gasteiger partial charge in [0.05, 0.1) is 30.4 Å². The first-order chi connectivity index (χ1) is 19.6. The summed E-state index contributed by atoms with van der Waals surface area (Å²) in [7, 11) is 0. The molecule has 0 amide bonds. The van der Waals surface area contributed by atoms with E-state index >= 15 is 0 Å². The fourth-order valence-electron chi connectivity index (χ4n) is 4.71. The van der Waals surface area contributed by atoms with Crippen molar-refractivity contribution in [2.75, 3.05) is 6.61 Å². The van der Waals surface area contributed by atoms with Gasteiger partial charge in [-0.15, -0.1) is 0 Å². The summed E-state index contributed by atoms with van der Waals surface area (Å²) in [4.78, 5) is 46.5. The van der Waals surface area contributed by atoms with E-state index in [-0.39, 0.29) is 11.5 Å². The zero-order valence-electron chi connectivity index (χ0n) is 22.1. The van der Waals surface area contributed by atoms with Crippen LogP contribution in [0.5, 0.6) is 5.75 Å². The summed E-state index contributed by atoms with van der Waals surface area (Å²) in [5, 5.41) is 3.81. The molecule has 0 radical (unpaired) electrons. The molecule has 0 atom stereocenters. The molecular formula is C29H27N7O4. The predicted molar refractivity (Wildman–Crippen MR) is 147 cm³/mol. The van der Waals surface area contributed by atoms with Crippen LogP contribution < -0.4 is 16.1 Å². The maximum absolute atomic E-state index is 14.0. The third-order valence-electron chi connectivity index (χ3n) is 6.80. The summed E-state index contributed by atoms with van der Waals surface area (Å²) in [5.41, 5.74) is 4.25. The Bertz CT molecular complexity index is 1770. The van der Waals surface area contributed by atoms with Crippen molar-refractivity contribution in [3.63, 3.8) is 0 Å². The van der Waals surface area contributed by atoms with Gasteiger partial charge in [-0.2, -0.15) is 0 Å². The standard InChI is InChI=1S/C29H27N7O4/c1-3-23-22(27(37)36(26(33-23)18-10-11-18)28-31-15-19(16-32-28)39-4-2)13-17-9-12-24(30-14-17)20-7-5-6-8-21(20)25-34-29(38)40-35-25/h5-9,12,14-16,18H,3-4,10-11,13H2,1-2H3,(H,34,35,38). The monoisotopic (exact) mass is 537 g/mol. The minimum atomic E-state index is -0.623. The number of aromatic amines is 1. The highest BCUT2D eigenvalue weighted by Crippen LogP contribution is 2.39. The van der Waals surface area contributed by atoms with Crippen LogP contribution in [0.25, 0.3) is 28.6 Å². The molecule has 1 N–H and O–H groups in total. The fourth-order valence-corrected chi connectivity index (χ4v) is 4.71. The van der Waals surface area contributed by atoms with Crippen molar-refractivity contribution < 1.29 is 9.26 Å². The van der Waals surface area contributed by atoms with Gasteiger partial charge < -0.3 is 4.74 Å². The first-order valence-electron chi connectivity index (χ1n) is 13.3. The van der Waals surface area contributed by atoms with Crippen LogP contribution in [0.15, 0.2) is 69.1 Å². The van der Waals surface area contributed by atoms with Gasteiger partial charge in [-0.3, -0.25) is 19.3 Å². The molecule has 0 spiro atoms. The van der Waals surface area contributed by atoms with Gasteiger partial charge >= 0.3 is 5.76 Å². The van der Waals surface area contributed by atoms with Crippen molar-refractivity contribution >= 4 is 0 Å². The maximum atomic E-state index is 14.0. The molecule has 202 valence electrons. The minimum absolute atomic E-state index is 0.165. The quantitative estimate of drug-likeness (QED) is 0.297. The largest absolute Gasteiger partial charge is 0.491 e. The number of aryl methyl sites for hydroxylation is 1. The second-order valence-corrected chi connectivity index (χ2v) is 9.53. The lowest BCUT2D eigenvalue weighted by molar-refractivity contribution is 0.337. The number of hydrogen-bond donors (Lipinski definition) is 1. The molecule has 11 heteroatoms. The highest BCUT2D eigenvalue weighted by atomic mass is 16.5. The molecule has 1 saturated carbocycles. The third kappa shape index (κ3) is 4.93. The Morgan fingerprint density at radius 1 is 1.00 bits per heavy atom. The van der Waals surface area contributed by atoms with Crippen LogP contribution in [0.2, 0.25) is 0 Å². The minimum Gasteiger partial charge on any atom is -0.491 e. The van der Waals surface area contributed by atoms with Crippen LogP contribution >= 0.6 is 0 Å². The molecule has 4 heterocycles. The summed E-state index contributed by atoms with van der Waals surface area (Å²) in [6, 6.07) is 11.3. The second-order valence-electron chi connectivity index (χ2n) is 9.53. The fraction of sp³-hybridized carbons (Fsp3) is 0.276. The van der Waals surface area contributed by atoms with Crippen LogP contribution in [0.3, 0.4) is 0 Å². The summed E-state index contributed by atoms with van der Waals surface area (Å²) >= 11 is 0. The Hall–Kier alpha value is -4.93. The Balaban J connectivity index is 1.36. The lowest BCUT2D eigenvalue weighted by Crippen LogP contribution is -2.30. The number of H-pyrrole nitrogens is 1. The van der Waals surface area contributed by atoms with Crippen LogP contribution in [-0.4, -0.2) is 41.3 Å². The van der Waals surface area contributed by atoms with Crippen LogP contribution in [0.4, 0.5) is 0 Å². The molecule has 1 aromatic carbocycles. The molecule has 0 bridgehead atoms. The Morgan fingerprint density at radius 2 is 1.77 bits per heavy atom. The summed E-state index contributed by atoms with van der Waals surface area (Å²) in [5.74, 6) is 1.49. The van der Waals surface area contributed by atoms with Crippen molar-refractivity contribution in [1.29, 1.82) is 0 Å². The number of nitrogens with zero attached hydrogens (tertiary/aromatic N) is 6. The lowest BCUT2D eigenvalue weighted by Gasteiger charge is -2.16. The molecule has 1 aliphatic carbocycles. The molecule has 0 saturated heterocycles. The lowest BCUT2D eigenvalue weighted by atomic mass is 10.0. The van der Waals surface area contributed by atoms with Gasteiger partial charge in [0.25, 0.3) is 5.56 Å². The van der Waals surface area contributed by atoms with Crippen molar-refractivity contribution in [3.8, 4) is 34.3 Å². The average Bonchev–Trinajstić information content (AvgIpc) is 3.74. The smallest absolute Gasteiger partial charge is 0.439 e. The van der Waals surface area contributed by atoms with Crippen molar-refractivity contribution in [1.82, 2.24) is 34.6 Å². The van der Waals surface area contributed by atoms with Gasteiger partial charge in [0, 0.05) is 35.2 Å². The zero-order chi connectivity index (χ0) is 27.6. The molecule has 1 fully saturated rings. The molecule has 0 unspecified atom stereocenters. The Morgan fingerprint density at radius 3 is 2.40 bits per heavy atom. The number of nitrogens with one attached hydrogen (secondary N) is 1. The van der Waals surface area contributed by atoms with Gasteiger partial charge in [-0.1, -0.05) is 42.4 Å². The Kier molecular flexibility index (Phi) is 6.77. The summed E-state index contributed by atoms with van der Waals surface area (Å²) in [6.45, 7) is 4.40. The van der Waals surface area contributed by atoms with Crippen molar-refractivity contribution in [2.45, 2.75) is 45.4 Å². The number of pyridine rings is 1.